The van der Waals surface area contributed by atoms with E-state index in [4.69, 9.17) is 16.3 Å². The van der Waals surface area contributed by atoms with Gasteiger partial charge in [-0.15, -0.1) is 0 Å². The lowest BCUT2D eigenvalue weighted by molar-refractivity contribution is 0.0382. The summed E-state index contributed by atoms with van der Waals surface area (Å²) >= 11 is 5.92. The van der Waals surface area contributed by atoms with Gasteiger partial charge in [0.2, 0.25) is 0 Å². The Kier molecular flexibility index (Phi) is 3.51. The van der Waals surface area contributed by atoms with E-state index in [9.17, 15) is 9.90 Å². The van der Waals surface area contributed by atoms with Gasteiger partial charge in [0.15, 0.2) is 6.10 Å². The van der Waals surface area contributed by atoms with E-state index >= 15 is 0 Å². The van der Waals surface area contributed by atoms with Gasteiger partial charge in [-0.25, -0.2) is 4.79 Å². The highest BCUT2D eigenvalue weighted by Gasteiger charge is 2.31. The second kappa shape index (κ2) is 5.69. The summed E-state index contributed by atoms with van der Waals surface area (Å²) in [7, 11) is 0. The highest BCUT2D eigenvalue weighted by Crippen LogP contribution is 2.45. The van der Waals surface area contributed by atoms with E-state index in [2.05, 4.69) is 0 Å². The van der Waals surface area contributed by atoms with Gasteiger partial charge in [0.1, 0.15) is 11.3 Å². The maximum absolute atomic E-state index is 12.6. The van der Waals surface area contributed by atoms with Crippen molar-refractivity contribution >= 4 is 17.6 Å². The minimum absolute atomic E-state index is 0.0596. The van der Waals surface area contributed by atoms with Gasteiger partial charge in [-0.05, 0) is 29.3 Å². The van der Waals surface area contributed by atoms with Crippen LogP contribution in [0.3, 0.4) is 0 Å². The largest absolute Gasteiger partial charge is 0.507 e. The monoisotopic (exact) mass is 336 g/mol. The average Bonchev–Trinajstić information content (AvgIpc) is 2.92. The zero-order valence-electron chi connectivity index (χ0n) is 12.6. The lowest BCUT2D eigenvalue weighted by atomic mass is 10.1. The number of ether oxygens (including phenoxy) is 1. The van der Waals surface area contributed by atoms with Crippen LogP contribution >= 0.6 is 11.6 Å². The second-order valence-electron chi connectivity index (χ2n) is 5.62. The molecule has 0 aromatic heterocycles. The predicted octanol–water partition coefficient (Wildman–Crippen LogP) is 4.97. The Bertz CT molecular complexity index is 904. The molecular formula is C20H13ClO3. The summed E-state index contributed by atoms with van der Waals surface area (Å²) in [5.74, 6) is -0.754. The number of esters is 1. The number of hydrogen-bond acceptors (Lipinski definition) is 3. The molecule has 0 heterocycles. The first-order valence-electron chi connectivity index (χ1n) is 7.53. The molecule has 4 rings (SSSR count). The Balaban J connectivity index is 1.75. The Morgan fingerprint density at radius 2 is 1.50 bits per heavy atom. The van der Waals surface area contributed by atoms with Gasteiger partial charge in [-0.2, -0.15) is 0 Å². The molecule has 1 aliphatic carbocycles. The number of fused-ring (bicyclic) bond motifs is 3. The van der Waals surface area contributed by atoms with Crippen molar-refractivity contribution in [3.05, 3.63) is 88.4 Å². The highest BCUT2D eigenvalue weighted by atomic mass is 35.5. The van der Waals surface area contributed by atoms with Crippen LogP contribution in [0.4, 0.5) is 0 Å². The lowest BCUT2D eigenvalue weighted by Gasteiger charge is -2.15. The van der Waals surface area contributed by atoms with E-state index in [-0.39, 0.29) is 11.3 Å². The highest BCUT2D eigenvalue weighted by molar-refractivity contribution is 6.31. The number of benzene rings is 3. The van der Waals surface area contributed by atoms with Crippen molar-refractivity contribution in [3.8, 4) is 16.9 Å². The van der Waals surface area contributed by atoms with E-state index in [0.717, 1.165) is 22.3 Å². The first kappa shape index (κ1) is 14.8. The molecule has 118 valence electrons. The summed E-state index contributed by atoms with van der Waals surface area (Å²) in [5.41, 5.74) is 4.05. The standard InChI is InChI=1S/C20H13ClO3/c21-12-9-10-18(22)17(11-12)20(23)24-19-15-7-3-1-5-13(15)14-6-2-4-8-16(14)19/h1-11,19,22H. The molecule has 3 nitrogen and oxygen atoms in total. The first-order valence-corrected chi connectivity index (χ1v) is 7.90. The van der Waals surface area contributed by atoms with Gasteiger partial charge < -0.3 is 9.84 Å². The summed E-state index contributed by atoms with van der Waals surface area (Å²) in [5, 5.41) is 10.3. The van der Waals surface area contributed by atoms with Crippen LogP contribution in [0, 0.1) is 0 Å². The van der Waals surface area contributed by atoms with Crippen molar-refractivity contribution in [1.29, 1.82) is 0 Å². The number of phenols is 1. The first-order chi connectivity index (χ1) is 11.6. The molecule has 0 aliphatic heterocycles. The molecule has 0 bridgehead atoms. The van der Waals surface area contributed by atoms with Gasteiger partial charge in [-0.1, -0.05) is 60.1 Å². The molecule has 0 spiro atoms. The Morgan fingerprint density at radius 1 is 0.917 bits per heavy atom. The summed E-state index contributed by atoms with van der Waals surface area (Å²) < 4.78 is 5.73. The van der Waals surface area contributed by atoms with Gasteiger partial charge in [-0.3, -0.25) is 0 Å². The van der Waals surface area contributed by atoms with Crippen molar-refractivity contribution in [2.45, 2.75) is 6.10 Å². The molecule has 0 unspecified atom stereocenters. The molecule has 1 N–H and O–H groups in total. The Labute approximate surface area is 144 Å². The number of hydrogen-bond donors (Lipinski definition) is 1. The van der Waals surface area contributed by atoms with Gasteiger partial charge >= 0.3 is 5.97 Å². The van der Waals surface area contributed by atoms with Crippen LogP contribution in [0.5, 0.6) is 5.75 Å². The molecule has 0 saturated carbocycles. The Morgan fingerprint density at radius 3 is 2.12 bits per heavy atom. The van der Waals surface area contributed by atoms with Crippen molar-refractivity contribution in [3.63, 3.8) is 0 Å². The molecule has 1 aliphatic rings. The summed E-state index contributed by atoms with van der Waals surface area (Å²) in [6.07, 6.45) is -0.497. The summed E-state index contributed by atoms with van der Waals surface area (Å²) in [4.78, 5) is 12.6. The normalized spacial score (nSPS) is 12.5. The van der Waals surface area contributed by atoms with Crippen LogP contribution < -0.4 is 0 Å². The fraction of sp³-hybridized carbons (Fsp3) is 0.0500. The lowest BCUT2D eigenvalue weighted by Crippen LogP contribution is -2.11. The third kappa shape index (κ3) is 2.34. The smallest absolute Gasteiger partial charge is 0.342 e. The molecule has 0 amide bonds. The fourth-order valence-corrected chi connectivity index (χ4v) is 3.25. The van der Waals surface area contributed by atoms with E-state index in [1.807, 2.05) is 48.5 Å². The van der Waals surface area contributed by atoms with Crippen molar-refractivity contribution in [2.24, 2.45) is 0 Å². The zero-order valence-corrected chi connectivity index (χ0v) is 13.3. The van der Waals surface area contributed by atoms with Crippen LogP contribution in [-0.4, -0.2) is 11.1 Å². The number of carbonyl (C=O) groups excluding carboxylic acids is 1. The maximum Gasteiger partial charge on any atom is 0.342 e. The third-order valence-corrected chi connectivity index (χ3v) is 4.42. The van der Waals surface area contributed by atoms with E-state index in [0.29, 0.717) is 5.02 Å². The van der Waals surface area contributed by atoms with Crippen LogP contribution in [-0.2, 0) is 4.74 Å². The van der Waals surface area contributed by atoms with E-state index in [1.54, 1.807) is 0 Å². The zero-order chi connectivity index (χ0) is 16.7. The molecular weight excluding hydrogens is 324 g/mol. The SMILES string of the molecule is O=C(OC1c2ccccc2-c2ccccc21)c1cc(Cl)ccc1O. The van der Waals surface area contributed by atoms with Crippen molar-refractivity contribution in [2.75, 3.05) is 0 Å². The molecule has 0 saturated heterocycles. The van der Waals surface area contributed by atoms with Gasteiger partial charge in [0.05, 0.1) is 0 Å². The summed E-state index contributed by atoms with van der Waals surface area (Å²) in [6, 6.07) is 20.0. The topological polar surface area (TPSA) is 46.5 Å². The number of halogens is 1. The van der Waals surface area contributed by atoms with Gasteiger partial charge in [0, 0.05) is 16.1 Å². The number of rotatable bonds is 2. The van der Waals surface area contributed by atoms with Gasteiger partial charge in [0.25, 0.3) is 0 Å². The molecule has 0 radical (unpaired) electrons. The van der Waals surface area contributed by atoms with Crippen LogP contribution in [0.1, 0.15) is 27.6 Å². The van der Waals surface area contributed by atoms with Crippen LogP contribution in [0.25, 0.3) is 11.1 Å². The molecule has 4 heteroatoms. The van der Waals surface area contributed by atoms with Crippen LogP contribution in [0.2, 0.25) is 5.02 Å². The molecule has 24 heavy (non-hydrogen) atoms. The molecule has 0 atom stereocenters. The average molecular weight is 337 g/mol. The Hall–Kier alpha value is -2.78. The maximum atomic E-state index is 12.6. The van der Waals surface area contributed by atoms with E-state index < -0.39 is 12.1 Å². The van der Waals surface area contributed by atoms with E-state index in [1.165, 1.54) is 18.2 Å². The molecule has 0 fully saturated rings. The quantitative estimate of drug-likeness (QED) is 0.672. The minimum Gasteiger partial charge on any atom is -0.507 e. The third-order valence-electron chi connectivity index (χ3n) is 4.18. The predicted molar refractivity (Wildman–Crippen MR) is 92.3 cm³/mol. The molecule has 3 aromatic rings. The summed E-state index contributed by atoms with van der Waals surface area (Å²) in [6.45, 7) is 0. The van der Waals surface area contributed by atoms with Crippen LogP contribution in [0.15, 0.2) is 66.7 Å². The van der Waals surface area contributed by atoms with Crippen molar-refractivity contribution in [1.82, 2.24) is 0 Å². The van der Waals surface area contributed by atoms with Crippen molar-refractivity contribution < 1.29 is 14.6 Å². The minimum atomic E-state index is -0.605. The second-order valence-corrected chi connectivity index (χ2v) is 6.06. The number of phenolic OH excluding ortho intramolecular Hbond substituents is 1. The number of aromatic hydroxyl groups is 1. The fourth-order valence-electron chi connectivity index (χ4n) is 3.08. The molecule has 3 aromatic carbocycles. The number of carbonyl (C=O) groups is 1.